The lowest BCUT2D eigenvalue weighted by Gasteiger charge is -2.30. The molecule has 0 radical (unpaired) electrons. The molecule has 0 spiro atoms. The maximum atomic E-state index is 13.6. The molecular formula is C31H36N2O8. The van der Waals surface area contributed by atoms with Gasteiger partial charge in [0.1, 0.15) is 34.5 Å². The zero-order valence-corrected chi connectivity index (χ0v) is 23.9. The number of phenols is 1. The van der Waals surface area contributed by atoms with E-state index in [0.717, 1.165) is 10.8 Å². The molecule has 1 fully saturated rings. The van der Waals surface area contributed by atoms with Crippen molar-refractivity contribution in [2.24, 2.45) is 0 Å². The Labute approximate surface area is 239 Å². The van der Waals surface area contributed by atoms with Gasteiger partial charge in [-0.25, -0.2) is 9.59 Å². The smallest absolute Gasteiger partial charge is 0.410 e. The second kappa shape index (κ2) is 12.4. The van der Waals surface area contributed by atoms with Gasteiger partial charge in [0.25, 0.3) is 5.91 Å². The SMILES string of the molecule is COc1cc2c(OC)cccc2cc1C(=O)O[C@@H]1CCCN(C(=O)OC(C)(C)C)C[C@H]1NC(=O)c1ccc(O)cc1. The highest BCUT2D eigenvalue weighted by Gasteiger charge is 2.35. The molecule has 41 heavy (non-hydrogen) atoms. The van der Waals surface area contributed by atoms with Crippen molar-refractivity contribution in [3.05, 3.63) is 65.7 Å². The molecule has 2 amide bonds. The number of rotatable bonds is 6. The van der Waals surface area contributed by atoms with Crippen LogP contribution in [0.25, 0.3) is 10.8 Å². The molecule has 0 saturated carbocycles. The molecule has 10 nitrogen and oxygen atoms in total. The number of nitrogens with zero attached hydrogens (tertiary/aromatic N) is 1. The minimum absolute atomic E-state index is 0.0286. The first-order chi connectivity index (χ1) is 19.5. The van der Waals surface area contributed by atoms with Crippen molar-refractivity contribution in [3.63, 3.8) is 0 Å². The van der Waals surface area contributed by atoms with Gasteiger partial charge in [-0.2, -0.15) is 0 Å². The van der Waals surface area contributed by atoms with E-state index >= 15 is 0 Å². The van der Waals surface area contributed by atoms with Crippen molar-refractivity contribution in [2.75, 3.05) is 27.3 Å². The fourth-order valence-corrected chi connectivity index (χ4v) is 4.75. The van der Waals surface area contributed by atoms with E-state index in [2.05, 4.69) is 5.32 Å². The summed E-state index contributed by atoms with van der Waals surface area (Å²) in [5, 5.41) is 14.1. The minimum Gasteiger partial charge on any atom is -0.508 e. The quantitative estimate of drug-likeness (QED) is 0.405. The summed E-state index contributed by atoms with van der Waals surface area (Å²) in [6.07, 6.45) is -0.343. The van der Waals surface area contributed by atoms with Crippen molar-refractivity contribution >= 4 is 28.7 Å². The number of hydrogen-bond donors (Lipinski definition) is 2. The van der Waals surface area contributed by atoms with Gasteiger partial charge in [0.05, 0.1) is 20.3 Å². The van der Waals surface area contributed by atoms with Crippen LogP contribution >= 0.6 is 0 Å². The van der Waals surface area contributed by atoms with E-state index in [-0.39, 0.29) is 17.9 Å². The Morgan fingerprint density at radius 1 is 0.976 bits per heavy atom. The van der Waals surface area contributed by atoms with Gasteiger partial charge < -0.3 is 34.3 Å². The number of ether oxygens (including phenoxy) is 4. The van der Waals surface area contributed by atoms with Gasteiger partial charge in [0, 0.05) is 24.0 Å². The van der Waals surface area contributed by atoms with Crippen molar-refractivity contribution in [1.29, 1.82) is 0 Å². The number of amides is 2. The van der Waals surface area contributed by atoms with Gasteiger partial charge >= 0.3 is 12.1 Å². The Hall–Kier alpha value is -4.47. The standard InChI is InChI=1S/C31H36N2O8/c1-31(2,3)41-30(37)33-15-7-10-26(24(18-33)32-28(35)19-11-13-21(34)14-12-19)40-29(36)23-16-20-8-6-9-25(38-4)22(20)17-27(23)39-5/h6,8-9,11-14,16-17,24,26,34H,7,10,15,18H2,1-5H3,(H,32,35)/t24-,26-/m1/s1. The highest BCUT2D eigenvalue weighted by atomic mass is 16.6. The second-order valence-corrected chi connectivity index (χ2v) is 10.9. The molecule has 2 N–H and O–H groups in total. The molecule has 4 rings (SSSR count). The Morgan fingerprint density at radius 3 is 2.34 bits per heavy atom. The first-order valence-electron chi connectivity index (χ1n) is 13.4. The Morgan fingerprint density at radius 2 is 1.68 bits per heavy atom. The first-order valence-corrected chi connectivity index (χ1v) is 13.4. The molecule has 0 bridgehead atoms. The van der Waals surface area contributed by atoms with Gasteiger partial charge in [-0.05, 0) is 81.5 Å². The number of fused-ring (bicyclic) bond motifs is 1. The van der Waals surface area contributed by atoms with Crippen molar-refractivity contribution < 1.29 is 38.4 Å². The topological polar surface area (TPSA) is 124 Å². The fourth-order valence-electron chi connectivity index (χ4n) is 4.75. The second-order valence-electron chi connectivity index (χ2n) is 10.9. The Balaban J connectivity index is 1.62. The fraction of sp³-hybridized carbons (Fsp3) is 0.387. The van der Waals surface area contributed by atoms with Crippen molar-refractivity contribution in [1.82, 2.24) is 10.2 Å². The number of methoxy groups -OCH3 is 2. The summed E-state index contributed by atoms with van der Waals surface area (Å²) in [4.78, 5) is 41.2. The van der Waals surface area contributed by atoms with Gasteiger partial charge in [-0.1, -0.05) is 12.1 Å². The molecule has 0 aromatic heterocycles. The monoisotopic (exact) mass is 564 g/mol. The van der Waals surface area contributed by atoms with Crippen molar-refractivity contribution in [2.45, 2.75) is 51.4 Å². The van der Waals surface area contributed by atoms with Crippen molar-refractivity contribution in [3.8, 4) is 17.2 Å². The van der Waals surface area contributed by atoms with Gasteiger partial charge in [-0.15, -0.1) is 0 Å². The van der Waals surface area contributed by atoms with Gasteiger partial charge in [0.15, 0.2) is 0 Å². The number of aromatic hydroxyl groups is 1. The van der Waals surface area contributed by atoms with E-state index in [1.165, 1.54) is 36.3 Å². The molecule has 3 aromatic carbocycles. The molecule has 0 unspecified atom stereocenters. The van der Waals surface area contributed by atoms with Gasteiger partial charge in [-0.3, -0.25) is 4.79 Å². The van der Waals surface area contributed by atoms with Crippen LogP contribution in [0.15, 0.2) is 54.6 Å². The maximum Gasteiger partial charge on any atom is 0.410 e. The molecule has 1 heterocycles. The Kier molecular flexibility index (Phi) is 8.90. The van der Waals surface area contributed by atoms with E-state index in [0.29, 0.717) is 36.4 Å². The van der Waals surface area contributed by atoms with Crippen LogP contribution in [0.1, 0.15) is 54.3 Å². The van der Waals surface area contributed by atoms with Crippen LogP contribution in [0.4, 0.5) is 4.79 Å². The number of phenolic OH excluding ortho intramolecular Hbond substituents is 1. The van der Waals surface area contributed by atoms with E-state index in [1.54, 1.807) is 40.0 Å². The summed E-state index contributed by atoms with van der Waals surface area (Å²) in [7, 11) is 3.04. The molecule has 1 saturated heterocycles. The highest BCUT2D eigenvalue weighted by Crippen LogP contribution is 2.33. The Bertz CT molecular complexity index is 1410. The number of nitrogens with one attached hydrogen (secondary N) is 1. The van der Waals surface area contributed by atoms with E-state index < -0.39 is 35.7 Å². The van der Waals surface area contributed by atoms with Crippen LogP contribution in [0.3, 0.4) is 0 Å². The summed E-state index contributed by atoms with van der Waals surface area (Å²) < 4.78 is 22.6. The van der Waals surface area contributed by atoms with Crippen LogP contribution in [0.2, 0.25) is 0 Å². The molecule has 218 valence electrons. The molecular weight excluding hydrogens is 528 g/mol. The summed E-state index contributed by atoms with van der Waals surface area (Å²) >= 11 is 0. The predicted molar refractivity (Wildman–Crippen MR) is 153 cm³/mol. The molecule has 10 heteroatoms. The lowest BCUT2D eigenvalue weighted by atomic mass is 10.0. The zero-order chi connectivity index (χ0) is 29.7. The van der Waals surface area contributed by atoms with Crippen LogP contribution in [-0.4, -0.2) is 73.0 Å². The molecule has 0 aliphatic carbocycles. The number of likely N-dealkylation sites (tertiary alicyclic amines) is 1. The summed E-state index contributed by atoms with van der Waals surface area (Å²) in [5.41, 5.74) is -0.161. The normalized spacial score (nSPS) is 17.3. The first kappa shape index (κ1) is 29.5. The van der Waals surface area contributed by atoms with E-state index in [4.69, 9.17) is 18.9 Å². The highest BCUT2D eigenvalue weighted by molar-refractivity contribution is 6.00. The zero-order valence-electron chi connectivity index (χ0n) is 23.9. The molecule has 3 aromatic rings. The maximum absolute atomic E-state index is 13.6. The average Bonchev–Trinajstić information content (AvgIpc) is 3.13. The number of hydrogen-bond acceptors (Lipinski definition) is 8. The lowest BCUT2D eigenvalue weighted by Crippen LogP contribution is -2.51. The minimum atomic E-state index is -0.748. The largest absolute Gasteiger partial charge is 0.508 e. The third-order valence-corrected chi connectivity index (χ3v) is 6.74. The summed E-state index contributed by atoms with van der Waals surface area (Å²) in [6, 6.07) is 14.0. The van der Waals surface area contributed by atoms with E-state index in [1.807, 2.05) is 18.2 Å². The summed E-state index contributed by atoms with van der Waals surface area (Å²) in [6.45, 7) is 5.79. The van der Waals surface area contributed by atoms with Gasteiger partial charge in [0.2, 0.25) is 0 Å². The number of carbonyl (C=O) groups is 3. The molecule has 2 atom stereocenters. The number of benzene rings is 3. The predicted octanol–water partition coefficient (Wildman–Crippen LogP) is 4.92. The average molecular weight is 565 g/mol. The van der Waals surface area contributed by atoms with Crippen LogP contribution in [0, 0.1) is 0 Å². The van der Waals surface area contributed by atoms with Crippen LogP contribution in [-0.2, 0) is 9.47 Å². The third kappa shape index (κ3) is 7.19. The van der Waals surface area contributed by atoms with E-state index in [9.17, 15) is 19.5 Å². The molecule has 1 aliphatic heterocycles. The third-order valence-electron chi connectivity index (χ3n) is 6.74. The van der Waals surface area contributed by atoms with Crippen LogP contribution < -0.4 is 14.8 Å². The number of esters is 1. The van der Waals surface area contributed by atoms with Crippen LogP contribution in [0.5, 0.6) is 17.2 Å². The number of carbonyl (C=O) groups excluding carboxylic acids is 3. The summed E-state index contributed by atoms with van der Waals surface area (Å²) in [5.74, 6) is -0.0612. The lowest BCUT2D eigenvalue weighted by molar-refractivity contribution is 0.0125. The molecule has 1 aliphatic rings.